The molecule has 0 bridgehead atoms. The van der Waals surface area contributed by atoms with E-state index in [-0.39, 0.29) is 24.4 Å². The molecule has 1 aromatic rings. The average Bonchev–Trinajstić information content (AvgIpc) is 3.61. The second kappa shape index (κ2) is 38.5. The maximum Gasteiger partial charge on any atom is 0.481 e. The van der Waals surface area contributed by atoms with Crippen molar-refractivity contribution in [1.82, 2.24) is 9.55 Å². The summed E-state index contributed by atoms with van der Waals surface area (Å²) in [5, 5.41) is 20.9. The van der Waals surface area contributed by atoms with E-state index in [0.29, 0.717) is 19.3 Å². The summed E-state index contributed by atoms with van der Waals surface area (Å²) >= 11 is 0. The number of esters is 2. The third-order valence-corrected chi connectivity index (χ3v) is 15.2. The number of nitrogens with zero attached hydrogens (tertiary/aromatic N) is 2. The van der Waals surface area contributed by atoms with Gasteiger partial charge in [-0.3, -0.25) is 28.0 Å². The largest absolute Gasteiger partial charge is 0.481 e. The second-order valence-electron chi connectivity index (χ2n) is 19.0. The summed E-state index contributed by atoms with van der Waals surface area (Å²) in [6.45, 7) is 4.34. The maximum atomic E-state index is 12.9. The minimum absolute atomic E-state index is 0.00125. The molecule has 2 heterocycles. The first-order valence-electron chi connectivity index (χ1n) is 26.7. The number of aliphatic hydroxyl groups is 2. The molecular weight excluding hydrogens is 973 g/mol. The Kier molecular flexibility index (Phi) is 34.7. The summed E-state index contributed by atoms with van der Waals surface area (Å²) < 4.78 is 56.8. The molecular formula is C51H89N3O16P2. The minimum Gasteiger partial charge on any atom is -0.462 e. The Labute approximate surface area is 428 Å². The molecule has 1 aliphatic rings. The number of unbranched alkanes of at least 4 members (excludes halogenated alkanes) is 20. The van der Waals surface area contributed by atoms with Gasteiger partial charge in [-0.25, -0.2) is 13.9 Å². The molecule has 0 radical (unpaired) electrons. The van der Waals surface area contributed by atoms with E-state index >= 15 is 0 Å². The van der Waals surface area contributed by atoms with Crippen LogP contribution in [0.4, 0.5) is 5.82 Å². The van der Waals surface area contributed by atoms with E-state index < -0.39 is 83.7 Å². The van der Waals surface area contributed by atoms with Gasteiger partial charge in [-0.2, -0.15) is 9.29 Å². The molecule has 6 N–H and O–H groups in total. The van der Waals surface area contributed by atoms with Crippen LogP contribution in [0, 0.1) is 5.92 Å². The van der Waals surface area contributed by atoms with Crippen molar-refractivity contribution in [1.29, 1.82) is 0 Å². The number of carbonyl (C=O) groups is 3. The molecule has 8 atom stereocenters. The number of nitrogen functional groups attached to an aromatic ring is 1. The van der Waals surface area contributed by atoms with Crippen LogP contribution in [-0.2, 0) is 51.1 Å². The minimum atomic E-state index is -5.44. The topological polar surface area (TPSA) is 283 Å². The van der Waals surface area contributed by atoms with Crippen molar-refractivity contribution in [3.63, 3.8) is 0 Å². The molecule has 1 saturated heterocycles. The third-order valence-electron chi connectivity index (χ3n) is 12.6. The van der Waals surface area contributed by atoms with E-state index in [2.05, 4.69) is 30.1 Å². The molecule has 0 aromatic carbocycles. The van der Waals surface area contributed by atoms with Gasteiger partial charge in [0, 0.05) is 25.5 Å². The number of rotatable bonds is 44. The van der Waals surface area contributed by atoms with Gasteiger partial charge in [0.25, 0.3) is 0 Å². The lowest BCUT2D eigenvalue weighted by Gasteiger charge is -2.21. The van der Waals surface area contributed by atoms with Crippen LogP contribution in [0.2, 0.25) is 0 Å². The number of phosphoric acid groups is 2. The molecule has 0 aliphatic carbocycles. The second-order valence-corrected chi connectivity index (χ2v) is 22.1. The molecule has 1 aromatic heterocycles. The highest BCUT2D eigenvalue weighted by Crippen LogP contribution is 2.60. The summed E-state index contributed by atoms with van der Waals surface area (Å²) in [5.41, 5.74) is 4.58. The SMILES string of the molecule is CCCCCC(=O)/C=C/C=C\CCCCCCCC(=O)O[C@H](COC(=O)CCCCCCCCCCCCCCCCC(C)CC)COP(=O)(O)OP(=O)(O)OC[C@H]1O[C@@H](n2ccc(N)nc2=O)[C@H](O)[C@@H]1O. The average molecular weight is 1060 g/mol. The van der Waals surface area contributed by atoms with E-state index in [1.165, 1.54) is 76.7 Å². The molecule has 0 spiro atoms. The lowest BCUT2D eigenvalue weighted by atomic mass is 9.99. The number of ketones is 1. The van der Waals surface area contributed by atoms with Gasteiger partial charge < -0.3 is 39.9 Å². The number of nitrogens with two attached hydrogens (primary N) is 1. The van der Waals surface area contributed by atoms with Crippen molar-refractivity contribution in [3.05, 3.63) is 47.1 Å². The van der Waals surface area contributed by atoms with Gasteiger partial charge in [-0.15, -0.1) is 0 Å². The highest BCUT2D eigenvalue weighted by atomic mass is 31.3. The fraction of sp³-hybridized carbons (Fsp3) is 0.784. The Hall–Kier alpha value is -3.09. The van der Waals surface area contributed by atoms with Crippen molar-refractivity contribution >= 4 is 39.2 Å². The Morgan fingerprint density at radius 1 is 0.750 bits per heavy atom. The quantitative estimate of drug-likeness (QED) is 0.0133. The Morgan fingerprint density at radius 3 is 1.90 bits per heavy atom. The third kappa shape index (κ3) is 30.9. The zero-order valence-electron chi connectivity index (χ0n) is 43.4. The monoisotopic (exact) mass is 1060 g/mol. The molecule has 2 rings (SSSR count). The fourth-order valence-electron chi connectivity index (χ4n) is 7.98. The first-order chi connectivity index (χ1) is 34.5. The van der Waals surface area contributed by atoms with Crippen LogP contribution in [0.5, 0.6) is 0 Å². The van der Waals surface area contributed by atoms with Crippen LogP contribution >= 0.6 is 15.6 Å². The van der Waals surface area contributed by atoms with Crippen molar-refractivity contribution in [2.24, 2.45) is 5.92 Å². The number of phosphoric ester groups is 2. The number of hydrogen-bond acceptors (Lipinski definition) is 16. The van der Waals surface area contributed by atoms with Gasteiger partial charge in [0.15, 0.2) is 18.1 Å². The summed E-state index contributed by atoms with van der Waals surface area (Å²) in [6, 6.07) is 1.24. The number of allylic oxidation sites excluding steroid dienone is 4. The van der Waals surface area contributed by atoms with Crippen LogP contribution < -0.4 is 11.4 Å². The highest BCUT2D eigenvalue weighted by Gasteiger charge is 2.46. The smallest absolute Gasteiger partial charge is 0.462 e. The Balaban J connectivity index is 1.79. The number of ether oxygens (including phenoxy) is 3. The number of anilines is 1. The van der Waals surface area contributed by atoms with Crippen molar-refractivity contribution < 1.29 is 71.1 Å². The van der Waals surface area contributed by atoms with E-state index in [1.807, 2.05) is 12.2 Å². The Bertz CT molecular complexity index is 1880. The fourth-order valence-corrected chi connectivity index (χ4v) is 10.1. The number of carbonyl (C=O) groups excluding carboxylic acids is 3. The molecule has 21 heteroatoms. The first kappa shape index (κ1) is 65.0. The summed E-state index contributed by atoms with van der Waals surface area (Å²) in [5.74, 6) is -0.382. The van der Waals surface area contributed by atoms with Crippen LogP contribution in [-0.4, -0.2) is 91.5 Å². The van der Waals surface area contributed by atoms with Crippen LogP contribution in [0.3, 0.4) is 0 Å². The van der Waals surface area contributed by atoms with Gasteiger partial charge in [0.2, 0.25) is 0 Å². The number of hydrogen-bond donors (Lipinski definition) is 5. The molecule has 0 saturated carbocycles. The van der Waals surface area contributed by atoms with Crippen LogP contribution in [0.25, 0.3) is 0 Å². The summed E-state index contributed by atoms with van der Waals surface area (Å²) in [4.78, 5) is 73.8. The van der Waals surface area contributed by atoms with E-state index in [1.54, 1.807) is 12.2 Å². The summed E-state index contributed by atoms with van der Waals surface area (Å²) in [6.07, 6.45) is 28.0. The van der Waals surface area contributed by atoms with Gasteiger partial charge in [0.05, 0.1) is 13.2 Å². The molecule has 3 unspecified atom stereocenters. The van der Waals surface area contributed by atoms with Gasteiger partial charge >= 0.3 is 33.3 Å². The summed E-state index contributed by atoms with van der Waals surface area (Å²) in [7, 11) is -10.9. The highest BCUT2D eigenvalue weighted by molar-refractivity contribution is 7.61. The normalized spacial score (nSPS) is 19.6. The van der Waals surface area contributed by atoms with E-state index in [4.69, 9.17) is 29.0 Å². The standard InChI is InChI=1S/C51H89N3O16P2/c1-4-6-26-32-42(55)33-28-23-19-15-13-17-21-25-30-35-47(57)68-43(38-65-46(56)34-29-24-20-16-12-10-8-7-9-11-14-18-22-27-31-41(3)5-2)39-66-71(61,62)70-72(63,64)67-40-44-48(58)49(59)50(69-44)54-37-36-45(52)53-51(54)60/h19,23,28,33,36-37,41,43-44,48-50,58-59H,4-18,20-22,24-27,29-32,34-35,38-40H2,1-3H3,(H,61,62)(H,63,64)(H2,52,53,60)/b23-19-,33-28+/t41?,43-,44-,48-,49-,50-/m1/s1. The molecule has 414 valence electrons. The predicted octanol–water partition coefficient (Wildman–Crippen LogP) is 10.4. The van der Waals surface area contributed by atoms with Gasteiger partial charge in [-0.05, 0) is 50.2 Å². The maximum absolute atomic E-state index is 12.9. The van der Waals surface area contributed by atoms with E-state index in [0.717, 1.165) is 93.7 Å². The van der Waals surface area contributed by atoms with Crippen molar-refractivity contribution in [2.45, 2.75) is 231 Å². The van der Waals surface area contributed by atoms with Gasteiger partial charge in [0.1, 0.15) is 30.7 Å². The van der Waals surface area contributed by atoms with Crippen molar-refractivity contribution in [3.8, 4) is 0 Å². The Morgan fingerprint density at radius 2 is 1.31 bits per heavy atom. The zero-order chi connectivity index (χ0) is 53.0. The van der Waals surface area contributed by atoms with Crippen LogP contribution in [0.1, 0.15) is 207 Å². The first-order valence-corrected chi connectivity index (χ1v) is 29.7. The van der Waals surface area contributed by atoms with E-state index in [9.17, 15) is 48.3 Å². The number of aromatic nitrogens is 2. The molecule has 0 amide bonds. The zero-order valence-corrected chi connectivity index (χ0v) is 45.2. The molecule has 72 heavy (non-hydrogen) atoms. The van der Waals surface area contributed by atoms with Gasteiger partial charge in [-0.1, -0.05) is 167 Å². The molecule has 1 fully saturated rings. The lowest BCUT2D eigenvalue weighted by Crippen LogP contribution is -2.36. The van der Waals surface area contributed by atoms with Crippen molar-refractivity contribution in [2.75, 3.05) is 25.6 Å². The predicted molar refractivity (Wildman–Crippen MR) is 275 cm³/mol. The molecule has 19 nitrogen and oxygen atoms in total. The number of aliphatic hydroxyl groups excluding tert-OH is 2. The lowest BCUT2D eigenvalue weighted by molar-refractivity contribution is -0.161. The molecule has 1 aliphatic heterocycles. The van der Waals surface area contributed by atoms with Crippen LogP contribution in [0.15, 0.2) is 41.4 Å².